The number of carbonyl (C=O) groups excluding carboxylic acids is 1. The summed E-state index contributed by atoms with van der Waals surface area (Å²) in [7, 11) is 0. The van der Waals surface area contributed by atoms with E-state index in [1.54, 1.807) is 0 Å². The Morgan fingerprint density at radius 3 is 2.46 bits per heavy atom. The molecule has 1 saturated heterocycles. The number of amides is 1. The number of aromatic amines is 1. The van der Waals surface area contributed by atoms with E-state index in [2.05, 4.69) is 28.9 Å². The summed E-state index contributed by atoms with van der Waals surface area (Å²) in [6.07, 6.45) is 5.78. The summed E-state index contributed by atoms with van der Waals surface area (Å²) in [5.41, 5.74) is 4.05. The Morgan fingerprint density at radius 2 is 1.75 bits per heavy atom. The number of rotatable bonds is 3. The van der Waals surface area contributed by atoms with Crippen LogP contribution in [0.3, 0.4) is 0 Å². The van der Waals surface area contributed by atoms with E-state index in [4.69, 9.17) is 0 Å². The smallest absolute Gasteiger partial charge is 0.252 e. The van der Waals surface area contributed by atoms with Crippen molar-refractivity contribution in [2.45, 2.75) is 52.5 Å². The third-order valence-corrected chi connectivity index (χ3v) is 6.40. The van der Waals surface area contributed by atoms with Crippen molar-refractivity contribution in [3.63, 3.8) is 0 Å². The van der Waals surface area contributed by atoms with Gasteiger partial charge in [-0.2, -0.15) is 0 Å². The van der Waals surface area contributed by atoms with Gasteiger partial charge in [-0.3, -0.25) is 14.5 Å². The van der Waals surface area contributed by atoms with Crippen molar-refractivity contribution in [1.82, 2.24) is 14.8 Å². The third-order valence-electron chi connectivity index (χ3n) is 6.40. The van der Waals surface area contributed by atoms with E-state index < -0.39 is 0 Å². The first-order chi connectivity index (χ1) is 13.5. The van der Waals surface area contributed by atoms with Crippen molar-refractivity contribution in [2.75, 3.05) is 26.2 Å². The molecule has 5 nitrogen and oxygen atoms in total. The number of nitrogens with one attached hydrogen (secondary N) is 1. The van der Waals surface area contributed by atoms with E-state index in [9.17, 15) is 9.59 Å². The van der Waals surface area contributed by atoms with Gasteiger partial charge >= 0.3 is 0 Å². The van der Waals surface area contributed by atoms with Crippen molar-refractivity contribution in [1.29, 1.82) is 0 Å². The van der Waals surface area contributed by atoms with Gasteiger partial charge in [0.15, 0.2) is 0 Å². The molecule has 1 amide bonds. The molecule has 2 aromatic rings. The third kappa shape index (κ3) is 4.00. The number of carbonyl (C=O) groups is 1. The summed E-state index contributed by atoms with van der Waals surface area (Å²) in [6, 6.07) is 6.26. The topological polar surface area (TPSA) is 56.4 Å². The molecule has 1 aromatic carbocycles. The molecule has 150 valence electrons. The van der Waals surface area contributed by atoms with Gasteiger partial charge < -0.3 is 9.88 Å². The number of aromatic nitrogens is 1. The first-order valence-corrected chi connectivity index (χ1v) is 10.7. The second-order valence-electron chi connectivity index (χ2n) is 8.61. The van der Waals surface area contributed by atoms with Crippen LogP contribution >= 0.6 is 0 Å². The fraction of sp³-hybridized carbons (Fsp3) is 0.565. The second-order valence-corrected chi connectivity index (χ2v) is 8.61. The predicted octanol–water partition coefficient (Wildman–Crippen LogP) is 3.37. The molecule has 1 aliphatic heterocycles. The van der Waals surface area contributed by atoms with Crippen molar-refractivity contribution in [2.24, 2.45) is 5.92 Å². The molecule has 2 fully saturated rings. The van der Waals surface area contributed by atoms with Gasteiger partial charge in [0.05, 0.1) is 5.52 Å². The molecule has 1 N–H and O–H groups in total. The number of hydrogen-bond acceptors (Lipinski definition) is 3. The van der Waals surface area contributed by atoms with E-state index in [0.717, 1.165) is 61.1 Å². The Labute approximate surface area is 166 Å². The number of fused-ring (bicyclic) bond motifs is 1. The minimum Gasteiger partial charge on any atom is -0.340 e. The van der Waals surface area contributed by atoms with Crippen molar-refractivity contribution in [3.05, 3.63) is 45.2 Å². The van der Waals surface area contributed by atoms with Crippen molar-refractivity contribution < 1.29 is 4.79 Å². The summed E-state index contributed by atoms with van der Waals surface area (Å²) >= 11 is 0. The minimum atomic E-state index is 0.000152. The molecule has 2 aliphatic rings. The van der Waals surface area contributed by atoms with Gasteiger partial charge in [0.1, 0.15) is 0 Å². The Bertz CT molecular complexity index is 919. The normalized spacial score (nSPS) is 19.3. The van der Waals surface area contributed by atoms with Gasteiger partial charge in [0, 0.05) is 44.2 Å². The zero-order valence-electron chi connectivity index (χ0n) is 17.1. The summed E-state index contributed by atoms with van der Waals surface area (Å²) in [5, 5.41) is 1.10. The van der Waals surface area contributed by atoms with Gasteiger partial charge in [0.2, 0.25) is 5.91 Å². The highest BCUT2D eigenvalue weighted by atomic mass is 16.2. The number of hydrogen-bond donors (Lipinski definition) is 1. The number of benzene rings is 1. The molecular formula is C23H31N3O2. The van der Waals surface area contributed by atoms with Gasteiger partial charge in [0.25, 0.3) is 5.56 Å². The summed E-state index contributed by atoms with van der Waals surface area (Å²) in [5.74, 6) is 0.601. The van der Waals surface area contributed by atoms with E-state index in [-0.39, 0.29) is 11.5 Å². The molecule has 1 aliphatic carbocycles. The maximum atomic E-state index is 12.7. The maximum Gasteiger partial charge on any atom is 0.252 e. The summed E-state index contributed by atoms with van der Waals surface area (Å²) < 4.78 is 0. The molecule has 0 bridgehead atoms. The minimum absolute atomic E-state index is 0.000152. The molecule has 0 atom stereocenters. The zero-order chi connectivity index (χ0) is 19.7. The van der Waals surface area contributed by atoms with Crippen LogP contribution in [0.25, 0.3) is 10.9 Å². The molecule has 28 heavy (non-hydrogen) atoms. The standard InChI is InChI=1S/C23H31N3O2/c1-16-12-17(2)21-19(13-16)14-20(22(27)24-21)15-25-8-10-26(11-9-25)23(28)18-6-4-3-5-7-18/h12-14,18H,3-11,15H2,1-2H3,(H,24,27). The molecule has 0 radical (unpaired) electrons. The molecule has 1 saturated carbocycles. The predicted molar refractivity (Wildman–Crippen MR) is 112 cm³/mol. The average Bonchev–Trinajstić information content (AvgIpc) is 2.70. The number of pyridine rings is 1. The fourth-order valence-corrected chi connectivity index (χ4v) is 4.82. The fourth-order valence-electron chi connectivity index (χ4n) is 4.82. The molecule has 1 aromatic heterocycles. The molecule has 0 spiro atoms. The van der Waals surface area contributed by atoms with Gasteiger partial charge in [-0.15, -0.1) is 0 Å². The van der Waals surface area contributed by atoms with Gasteiger partial charge in [-0.25, -0.2) is 0 Å². The SMILES string of the molecule is Cc1cc(C)c2[nH]c(=O)c(CN3CCN(C(=O)C4CCCCC4)CC3)cc2c1. The first kappa shape index (κ1) is 19.2. The van der Waals surface area contributed by atoms with Gasteiger partial charge in [-0.05, 0) is 49.8 Å². The highest BCUT2D eigenvalue weighted by molar-refractivity contribution is 5.83. The largest absolute Gasteiger partial charge is 0.340 e. The second kappa shape index (κ2) is 8.08. The van der Waals surface area contributed by atoms with E-state index in [1.165, 1.54) is 24.8 Å². The molecule has 4 rings (SSSR count). The van der Waals surface area contributed by atoms with Gasteiger partial charge in [-0.1, -0.05) is 30.9 Å². The number of piperazine rings is 1. The highest BCUT2D eigenvalue weighted by Crippen LogP contribution is 2.26. The van der Waals surface area contributed by atoms with Crippen LogP contribution in [0.1, 0.15) is 48.8 Å². The lowest BCUT2D eigenvalue weighted by Gasteiger charge is -2.37. The zero-order valence-corrected chi connectivity index (χ0v) is 17.1. The Hall–Kier alpha value is -2.14. The monoisotopic (exact) mass is 381 g/mol. The highest BCUT2D eigenvalue weighted by Gasteiger charge is 2.28. The van der Waals surface area contributed by atoms with Crippen LogP contribution in [-0.4, -0.2) is 46.9 Å². The van der Waals surface area contributed by atoms with E-state index >= 15 is 0 Å². The Morgan fingerprint density at radius 1 is 1.04 bits per heavy atom. The summed E-state index contributed by atoms with van der Waals surface area (Å²) in [4.78, 5) is 32.7. The number of aryl methyl sites for hydroxylation is 2. The van der Waals surface area contributed by atoms with Crippen LogP contribution in [0, 0.1) is 19.8 Å². The number of H-pyrrole nitrogens is 1. The van der Waals surface area contributed by atoms with Crippen molar-refractivity contribution in [3.8, 4) is 0 Å². The molecule has 0 unspecified atom stereocenters. The van der Waals surface area contributed by atoms with E-state index in [1.807, 2.05) is 17.9 Å². The van der Waals surface area contributed by atoms with Crippen LogP contribution in [-0.2, 0) is 11.3 Å². The lowest BCUT2D eigenvalue weighted by atomic mass is 9.88. The Kier molecular flexibility index (Phi) is 5.54. The lowest BCUT2D eigenvalue weighted by molar-refractivity contribution is -0.138. The van der Waals surface area contributed by atoms with Crippen LogP contribution in [0.5, 0.6) is 0 Å². The number of nitrogens with zero attached hydrogens (tertiary/aromatic N) is 2. The van der Waals surface area contributed by atoms with Crippen LogP contribution in [0.4, 0.5) is 0 Å². The van der Waals surface area contributed by atoms with Crippen molar-refractivity contribution >= 4 is 16.8 Å². The molecule has 5 heteroatoms. The molecular weight excluding hydrogens is 350 g/mol. The average molecular weight is 382 g/mol. The van der Waals surface area contributed by atoms with Crippen LogP contribution in [0.2, 0.25) is 0 Å². The van der Waals surface area contributed by atoms with Crippen LogP contribution in [0.15, 0.2) is 23.0 Å². The quantitative estimate of drug-likeness (QED) is 0.887. The Balaban J connectivity index is 1.41. The maximum absolute atomic E-state index is 12.7. The first-order valence-electron chi connectivity index (χ1n) is 10.7. The summed E-state index contributed by atoms with van der Waals surface area (Å²) in [6.45, 7) is 7.99. The van der Waals surface area contributed by atoms with Crippen LogP contribution < -0.4 is 5.56 Å². The molecule has 2 heterocycles. The lowest BCUT2D eigenvalue weighted by Crippen LogP contribution is -2.50. The van der Waals surface area contributed by atoms with E-state index in [0.29, 0.717) is 12.5 Å².